The van der Waals surface area contributed by atoms with Crippen LogP contribution < -0.4 is 0 Å². The maximum atomic E-state index is 10.7. The quantitative estimate of drug-likeness (QED) is 0.610. The molecule has 0 unspecified atom stereocenters. The van der Waals surface area contributed by atoms with Crippen LogP contribution in [0.1, 0.15) is 32.6 Å². The molecule has 3 heteroatoms. The minimum atomic E-state index is -0.203. The van der Waals surface area contributed by atoms with Gasteiger partial charge in [-0.05, 0) is 31.6 Å². The first-order valence-electron chi connectivity index (χ1n) is 4.98. The van der Waals surface area contributed by atoms with Crippen molar-refractivity contribution in [1.82, 2.24) is 0 Å². The molecule has 0 aromatic carbocycles. The normalized spacial score (nSPS) is 37.5. The number of hydrogen-bond acceptors (Lipinski definition) is 3. The number of rotatable bonds is 2. The van der Waals surface area contributed by atoms with Gasteiger partial charge in [0.2, 0.25) is 0 Å². The molecule has 0 aromatic rings. The summed E-state index contributed by atoms with van der Waals surface area (Å²) < 4.78 is 10.8. The molecule has 0 atom stereocenters. The lowest BCUT2D eigenvalue weighted by Crippen LogP contribution is -2.48. The Hall–Kier alpha value is -0.570. The van der Waals surface area contributed by atoms with Crippen LogP contribution in [0.25, 0.3) is 0 Å². The van der Waals surface area contributed by atoms with E-state index in [1.807, 2.05) is 0 Å². The number of fused-ring (bicyclic) bond motifs is 3. The fraction of sp³-hybridized carbons (Fsp3) is 0.900. The number of carbonyl (C=O) groups is 1. The topological polar surface area (TPSA) is 35.5 Å². The lowest BCUT2D eigenvalue weighted by atomic mass is 9.76. The minimum absolute atomic E-state index is 0.125. The summed E-state index contributed by atoms with van der Waals surface area (Å²) in [6.07, 6.45) is 4.60. The Balaban J connectivity index is 1.91. The van der Waals surface area contributed by atoms with E-state index in [0.29, 0.717) is 6.61 Å². The van der Waals surface area contributed by atoms with Crippen LogP contribution in [0.5, 0.6) is 0 Å². The summed E-state index contributed by atoms with van der Waals surface area (Å²) in [5.41, 5.74) is -0.125. The average Bonchev–Trinajstić information content (AvgIpc) is 2.18. The van der Waals surface area contributed by atoms with Crippen LogP contribution in [0, 0.1) is 5.92 Å². The highest BCUT2D eigenvalue weighted by atomic mass is 16.6. The number of hydrogen-bond donors (Lipinski definition) is 0. The second kappa shape index (κ2) is 3.29. The van der Waals surface area contributed by atoms with Gasteiger partial charge in [-0.15, -0.1) is 0 Å². The van der Waals surface area contributed by atoms with Gasteiger partial charge < -0.3 is 9.47 Å². The van der Waals surface area contributed by atoms with Crippen LogP contribution in [0.3, 0.4) is 0 Å². The summed E-state index contributed by atoms with van der Waals surface area (Å²) in [5.74, 6) is 0.560. The molecule has 0 aromatic heterocycles. The molecule has 1 aliphatic carbocycles. The van der Waals surface area contributed by atoms with Gasteiger partial charge in [-0.25, -0.2) is 0 Å². The predicted molar refractivity (Wildman–Crippen MR) is 47.3 cm³/mol. The molecule has 0 N–H and O–H groups in total. The van der Waals surface area contributed by atoms with Crippen molar-refractivity contribution in [3.63, 3.8) is 0 Å². The molecule has 3 nitrogen and oxygen atoms in total. The summed E-state index contributed by atoms with van der Waals surface area (Å²) in [7, 11) is 0. The van der Waals surface area contributed by atoms with Crippen LogP contribution in [0.2, 0.25) is 0 Å². The van der Waals surface area contributed by atoms with Crippen LogP contribution in [0.15, 0.2) is 0 Å². The molecule has 2 bridgehead atoms. The van der Waals surface area contributed by atoms with Gasteiger partial charge in [0, 0.05) is 6.92 Å². The molecule has 1 saturated carbocycles. The number of ether oxygens (including phenoxy) is 2. The third-order valence-electron chi connectivity index (χ3n) is 3.18. The molecule has 0 amide bonds. The lowest BCUT2D eigenvalue weighted by Gasteiger charge is -2.45. The Morgan fingerprint density at radius 3 is 2.69 bits per heavy atom. The third kappa shape index (κ3) is 1.85. The van der Waals surface area contributed by atoms with Gasteiger partial charge in [0.1, 0.15) is 12.2 Å². The minimum Gasteiger partial charge on any atom is -0.463 e. The van der Waals surface area contributed by atoms with Crippen molar-refractivity contribution in [1.29, 1.82) is 0 Å². The van der Waals surface area contributed by atoms with Gasteiger partial charge in [0.25, 0.3) is 0 Å². The predicted octanol–water partition coefficient (Wildman–Crippen LogP) is 1.51. The van der Waals surface area contributed by atoms with Crippen molar-refractivity contribution in [3.05, 3.63) is 0 Å². The van der Waals surface area contributed by atoms with Gasteiger partial charge >= 0.3 is 5.97 Å². The molecular weight excluding hydrogens is 168 g/mol. The molecule has 0 spiro atoms. The average molecular weight is 184 g/mol. The van der Waals surface area contributed by atoms with Crippen molar-refractivity contribution in [3.8, 4) is 0 Å². The monoisotopic (exact) mass is 184 g/mol. The Labute approximate surface area is 78.4 Å². The highest BCUT2D eigenvalue weighted by Gasteiger charge is 2.42. The molecule has 74 valence electrons. The Morgan fingerprint density at radius 2 is 2.23 bits per heavy atom. The Kier molecular flexibility index (Phi) is 2.28. The zero-order valence-corrected chi connectivity index (χ0v) is 8.04. The van der Waals surface area contributed by atoms with E-state index in [1.54, 1.807) is 0 Å². The lowest BCUT2D eigenvalue weighted by molar-refractivity contribution is -0.182. The van der Waals surface area contributed by atoms with E-state index in [9.17, 15) is 4.79 Å². The van der Waals surface area contributed by atoms with Crippen molar-refractivity contribution >= 4 is 5.97 Å². The largest absolute Gasteiger partial charge is 0.463 e. The van der Waals surface area contributed by atoms with Crippen molar-refractivity contribution in [2.45, 2.75) is 38.2 Å². The molecule has 2 aliphatic heterocycles. The molecule has 3 aliphatic rings. The fourth-order valence-electron chi connectivity index (χ4n) is 2.23. The standard InChI is InChI=1S/C10H16O3/c1-8(11)12-7-10-4-2-9(3-5-10)6-13-10/h9H,2-7H2,1H3. The van der Waals surface area contributed by atoms with Crippen LogP contribution in [0.4, 0.5) is 0 Å². The van der Waals surface area contributed by atoms with Crippen molar-refractivity contribution in [2.24, 2.45) is 5.92 Å². The zero-order valence-electron chi connectivity index (χ0n) is 8.04. The molecule has 13 heavy (non-hydrogen) atoms. The van der Waals surface area contributed by atoms with Crippen LogP contribution in [-0.4, -0.2) is 24.8 Å². The van der Waals surface area contributed by atoms with Gasteiger partial charge in [-0.2, -0.15) is 0 Å². The fourth-order valence-corrected chi connectivity index (χ4v) is 2.23. The Bertz CT molecular complexity index is 190. The summed E-state index contributed by atoms with van der Waals surface area (Å²) in [5, 5.41) is 0. The first-order chi connectivity index (χ1) is 6.20. The molecular formula is C10H16O3. The first-order valence-corrected chi connectivity index (χ1v) is 4.98. The van der Waals surface area contributed by atoms with E-state index in [-0.39, 0.29) is 11.6 Å². The maximum Gasteiger partial charge on any atom is 0.302 e. The van der Waals surface area contributed by atoms with Gasteiger partial charge in [0.05, 0.1) is 6.61 Å². The number of esters is 1. The highest BCUT2D eigenvalue weighted by Crippen LogP contribution is 2.40. The SMILES string of the molecule is CC(=O)OCC12CCC(CC1)CO2. The molecule has 3 rings (SSSR count). The van der Waals surface area contributed by atoms with Crippen molar-refractivity contribution in [2.75, 3.05) is 13.2 Å². The number of carbonyl (C=O) groups excluding carboxylic acids is 1. The summed E-state index contributed by atoms with van der Waals surface area (Å²) in [6.45, 7) is 2.77. The van der Waals surface area contributed by atoms with Gasteiger partial charge in [-0.3, -0.25) is 4.79 Å². The third-order valence-corrected chi connectivity index (χ3v) is 3.18. The van der Waals surface area contributed by atoms with E-state index >= 15 is 0 Å². The molecule has 2 saturated heterocycles. The second-order valence-corrected chi connectivity index (χ2v) is 4.22. The van der Waals surface area contributed by atoms with E-state index in [2.05, 4.69) is 0 Å². The summed E-state index contributed by atoms with van der Waals surface area (Å²) >= 11 is 0. The van der Waals surface area contributed by atoms with Crippen molar-refractivity contribution < 1.29 is 14.3 Å². The van der Waals surface area contributed by atoms with Gasteiger partial charge in [0.15, 0.2) is 0 Å². The zero-order chi connectivity index (χ0) is 9.31. The van der Waals surface area contributed by atoms with E-state index in [4.69, 9.17) is 9.47 Å². The van der Waals surface area contributed by atoms with E-state index < -0.39 is 0 Å². The maximum absolute atomic E-state index is 10.7. The molecule has 3 fully saturated rings. The highest BCUT2D eigenvalue weighted by molar-refractivity contribution is 5.65. The van der Waals surface area contributed by atoms with E-state index in [1.165, 1.54) is 19.8 Å². The van der Waals surface area contributed by atoms with Crippen LogP contribution >= 0.6 is 0 Å². The molecule has 0 radical (unpaired) electrons. The smallest absolute Gasteiger partial charge is 0.302 e. The summed E-state index contributed by atoms with van der Waals surface area (Å²) in [6, 6.07) is 0. The van der Waals surface area contributed by atoms with Crippen LogP contribution in [-0.2, 0) is 14.3 Å². The molecule has 2 heterocycles. The first kappa shape index (κ1) is 9.00. The Morgan fingerprint density at radius 1 is 1.54 bits per heavy atom. The second-order valence-electron chi connectivity index (χ2n) is 4.22. The summed E-state index contributed by atoms with van der Waals surface area (Å²) in [4.78, 5) is 10.7. The van der Waals surface area contributed by atoms with Gasteiger partial charge in [-0.1, -0.05) is 0 Å². The van der Waals surface area contributed by atoms with E-state index in [0.717, 1.165) is 25.4 Å².